The van der Waals surface area contributed by atoms with E-state index in [2.05, 4.69) is 31.2 Å². The number of aryl methyl sites for hydroxylation is 1. The molecule has 0 saturated carbocycles. The first-order valence-corrected chi connectivity index (χ1v) is 6.14. The molecule has 1 heterocycles. The summed E-state index contributed by atoms with van der Waals surface area (Å²) >= 11 is 1.74. The molecule has 0 aliphatic heterocycles. The Labute approximate surface area is 99.8 Å². The van der Waals surface area contributed by atoms with E-state index in [1.165, 1.54) is 10.5 Å². The maximum atomic E-state index is 5.76. The molecule has 1 aromatic carbocycles. The third kappa shape index (κ3) is 2.68. The lowest BCUT2D eigenvalue weighted by molar-refractivity contribution is 0.507. The Morgan fingerprint density at radius 1 is 1.25 bits per heavy atom. The van der Waals surface area contributed by atoms with Gasteiger partial charge in [-0.05, 0) is 31.2 Å². The summed E-state index contributed by atoms with van der Waals surface area (Å²) in [6.45, 7) is 2.66. The predicted molar refractivity (Wildman–Crippen MR) is 67.5 cm³/mol. The molecule has 2 rings (SSSR count). The zero-order chi connectivity index (χ0) is 11.4. The average molecular weight is 233 g/mol. The second-order valence-corrected chi connectivity index (χ2v) is 4.95. The highest BCUT2D eigenvalue weighted by Crippen LogP contribution is 2.34. The van der Waals surface area contributed by atoms with Crippen molar-refractivity contribution in [3.05, 3.63) is 54.0 Å². The van der Waals surface area contributed by atoms with Gasteiger partial charge in [0.2, 0.25) is 0 Å². The van der Waals surface area contributed by atoms with Gasteiger partial charge in [-0.25, -0.2) is 0 Å². The van der Waals surface area contributed by atoms with Gasteiger partial charge in [0.25, 0.3) is 0 Å². The zero-order valence-electron chi connectivity index (χ0n) is 9.22. The molecule has 84 valence electrons. The Morgan fingerprint density at radius 2 is 2.00 bits per heavy atom. The van der Waals surface area contributed by atoms with Crippen LogP contribution in [0.15, 0.2) is 52.0 Å². The Bertz CT molecular complexity index is 422. The van der Waals surface area contributed by atoms with Gasteiger partial charge in [-0.3, -0.25) is 0 Å². The summed E-state index contributed by atoms with van der Waals surface area (Å²) in [5, 5.41) is 0.192. The summed E-state index contributed by atoms with van der Waals surface area (Å²) in [4.78, 5) is 1.22. The number of nitrogens with two attached hydrogens (primary N) is 1. The van der Waals surface area contributed by atoms with Gasteiger partial charge in [0, 0.05) is 11.4 Å². The topological polar surface area (TPSA) is 39.2 Å². The molecule has 0 fully saturated rings. The lowest BCUT2D eigenvalue weighted by atomic mass is 10.2. The number of hydrogen-bond acceptors (Lipinski definition) is 3. The highest BCUT2D eigenvalue weighted by atomic mass is 32.2. The Hall–Kier alpha value is -1.19. The Balaban J connectivity index is 2.10. The van der Waals surface area contributed by atoms with E-state index in [9.17, 15) is 0 Å². The maximum absolute atomic E-state index is 5.76. The molecule has 1 unspecified atom stereocenters. The molecule has 2 nitrogen and oxygen atoms in total. The fourth-order valence-corrected chi connectivity index (χ4v) is 2.45. The molecule has 1 atom stereocenters. The molecule has 2 aromatic rings. The van der Waals surface area contributed by atoms with Crippen LogP contribution in [-0.4, -0.2) is 6.54 Å². The minimum atomic E-state index is 0.192. The van der Waals surface area contributed by atoms with Crippen LogP contribution < -0.4 is 5.73 Å². The summed E-state index contributed by atoms with van der Waals surface area (Å²) in [5.41, 5.74) is 7.03. The van der Waals surface area contributed by atoms with Gasteiger partial charge in [-0.15, -0.1) is 11.8 Å². The quantitative estimate of drug-likeness (QED) is 0.823. The molecule has 1 aromatic heterocycles. The van der Waals surface area contributed by atoms with Crippen molar-refractivity contribution < 1.29 is 4.42 Å². The fraction of sp³-hybridized carbons (Fsp3) is 0.231. The molecule has 3 heteroatoms. The molecular weight excluding hydrogens is 218 g/mol. The third-order valence-electron chi connectivity index (χ3n) is 2.37. The second kappa shape index (κ2) is 5.23. The van der Waals surface area contributed by atoms with Crippen LogP contribution in [0.2, 0.25) is 0 Å². The van der Waals surface area contributed by atoms with Crippen molar-refractivity contribution in [3.63, 3.8) is 0 Å². The standard InChI is InChI=1S/C13H15NOS/c1-10-4-6-11(7-5-10)16-13(9-14)12-3-2-8-15-12/h2-8,13H,9,14H2,1H3. The largest absolute Gasteiger partial charge is 0.468 e. The summed E-state index contributed by atoms with van der Waals surface area (Å²) in [5.74, 6) is 0.938. The molecule has 0 saturated heterocycles. The lowest BCUT2D eigenvalue weighted by Crippen LogP contribution is -2.08. The lowest BCUT2D eigenvalue weighted by Gasteiger charge is -2.11. The summed E-state index contributed by atoms with van der Waals surface area (Å²) in [6.07, 6.45) is 1.69. The third-order valence-corrected chi connectivity index (χ3v) is 3.63. The number of furan rings is 1. The molecule has 0 radical (unpaired) electrons. The number of benzene rings is 1. The number of rotatable bonds is 4. The van der Waals surface area contributed by atoms with Crippen LogP contribution in [0.3, 0.4) is 0 Å². The van der Waals surface area contributed by atoms with E-state index in [1.807, 2.05) is 12.1 Å². The smallest absolute Gasteiger partial charge is 0.118 e. The zero-order valence-corrected chi connectivity index (χ0v) is 10.0. The molecule has 0 amide bonds. The van der Waals surface area contributed by atoms with Gasteiger partial charge < -0.3 is 10.2 Å². The van der Waals surface area contributed by atoms with Gasteiger partial charge >= 0.3 is 0 Å². The minimum absolute atomic E-state index is 0.192. The molecule has 0 spiro atoms. The van der Waals surface area contributed by atoms with E-state index in [4.69, 9.17) is 10.2 Å². The monoisotopic (exact) mass is 233 g/mol. The summed E-state index contributed by atoms with van der Waals surface area (Å²) in [7, 11) is 0. The highest BCUT2D eigenvalue weighted by molar-refractivity contribution is 7.99. The van der Waals surface area contributed by atoms with Gasteiger partial charge in [-0.1, -0.05) is 17.7 Å². The Kier molecular flexibility index (Phi) is 3.70. The first kappa shape index (κ1) is 11.3. The molecule has 0 bridgehead atoms. The van der Waals surface area contributed by atoms with Crippen LogP contribution in [0.4, 0.5) is 0 Å². The van der Waals surface area contributed by atoms with Gasteiger partial charge in [0.15, 0.2) is 0 Å². The number of hydrogen-bond donors (Lipinski definition) is 1. The van der Waals surface area contributed by atoms with Crippen LogP contribution >= 0.6 is 11.8 Å². The molecule has 0 aliphatic rings. The highest BCUT2D eigenvalue weighted by Gasteiger charge is 2.13. The van der Waals surface area contributed by atoms with Crippen molar-refractivity contribution >= 4 is 11.8 Å². The van der Waals surface area contributed by atoms with Crippen LogP contribution in [0, 0.1) is 6.92 Å². The molecule has 0 aliphatic carbocycles. The van der Waals surface area contributed by atoms with Crippen LogP contribution in [0.25, 0.3) is 0 Å². The van der Waals surface area contributed by atoms with Crippen molar-refractivity contribution in [2.75, 3.05) is 6.54 Å². The van der Waals surface area contributed by atoms with Crippen LogP contribution in [0.5, 0.6) is 0 Å². The number of thioether (sulfide) groups is 1. The van der Waals surface area contributed by atoms with Crippen molar-refractivity contribution in [2.45, 2.75) is 17.1 Å². The van der Waals surface area contributed by atoms with Crippen molar-refractivity contribution in [1.82, 2.24) is 0 Å². The first-order valence-electron chi connectivity index (χ1n) is 5.26. The molecular formula is C13H15NOS. The van der Waals surface area contributed by atoms with Crippen molar-refractivity contribution in [2.24, 2.45) is 5.73 Å². The molecule has 2 N–H and O–H groups in total. The van der Waals surface area contributed by atoms with E-state index in [0.29, 0.717) is 6.54 Å². The van der Waals surface area contributed by atoms with Crippen molar-refractivity contribution in [1.29, 1.82) is 0 Å². The van der Waals surface area contributed by atoms with Gasteiger partial charge in [0.1, 0.15) is 5.76 Å². The summed E-state index contributed by atoms with van der Waals surface area (Å²) in [6, 6.07) is 12.3. The van der Waals surface area contributed by atoms with E-state index in [1.54, 1.807) is 18.0 Å². The summed E-state index contributed by atoms with van der Waals surface area (Å²) < 4.78 is 5.38. The van der Waals surface area contributed by atoms with Gasteiger partial charge in [0.05, 0.1) is 11.5 Å². The van der Waals surface area contributed by atoms with E-state index < -0.39 is 0 Å². The van der Waals surface area contributed by atoms with E-state index >= 15 is 0 Å². The normalized spacial score (nSPS) is 12.6. The SMILES string of the molecule is Cc1ccc(SC(CN)c2ccco2)cc1. The maximum Gasteiger partial charge on any atom is 0.118 e. The molecule has 16 heavy (non-hydrogen) atoms. The first-order chi connectivity index (χ1) is 7.79. The van der Waals surface area contributed by atoms with Crippen LogP contribution in [0.1, 0.15) is 16.6 Å². The average Bonchev–Trinajstić information content (AvgIpc) is 2.82. The predicted octanol–water partition coefficient (Wildman–Crippen LogP) is 3.38. The van der Waals surface area contributed by atoms with Gasteiger partial charge in [-0.2, -0.15) is 0 Å². The van der Waals surface area contributed by atoms with Crippen molar-refractivity contribution in [3.8, 4) is 0 Å². The van der Waals surface area contributed by atoms with E-state index in [-0.39, 0.29) is 5.25 Å². The second-order valence-electron chi connectivity index (χ2n) is 3.67. The minimum Gasteiger partial charge on any atom is -0.468 e. The van der Waals surface area contributed by atoms with Crippen LogP contribution in [-0.2, 0) is 0 Å². The Morgan fingerprint density at radius 3 is 2.56 bits per heavy atom. The van der Waals surface area contributed by atoms with E-state index in [0.717, 1.165) is 5.76 Å². The fourth-order valence-electron chi connectivity index (χ4n) is 1.48.